The maximum Gasteiger partial charge on any atom is 0.338 e. The number of nitrogens with zero attached hydrogens (tertiary/aromatic N) is 1. The second-order valence-corrected chi connectivity index (χ2v) is 7.14. The van der Waals surface area contributed by atoms with E-state index in [4.69, 9.17) is 15.9 Å². The van der Waals surface area contributed by atoms with Crippen molar-refractivity contribution >= 4 is 18.0 Å². The number of carbonyl (C=O) groups excluding carboxylic acids is 1. The molecule has 1 aromatic carbocycles. The van der Waals surface area contributed by atoms with Gasteiger partial charge in [-0.1, -0.05) is 24.1 Å². The van der Waals surface area contributed by atoms with Crippen molar-refractivity contribution in [3.05, 3.63) is 68.5 Å². The molecular weight excluding hydrogens is 384 g/mol. The fourth-order valence-electron chi connectivity index (χ4n) is 2.96. The number of aromatic amines is 1. The van der Waals surface area contributed by atoms with Crippen LogP contribution in [0.5, 0.6) is 0 Å². The van der Waals surface area contributed by atoms with Crippen LogP contribution >= 0.6 is 12.0 Å². The van der Waals surface area contributed by atoms with Crippen LogP contribution in [0.2, 0.25) is 0 Å². The zero-order chi connectivity index (χ0) is 20.3. The first kappa shape index (κ1) is 19.9. The molecule has 2 aromatic rings. The second-order valence-electron chi connectivity index (χ2n) is 6.36. The minimum atomic E-state index is -1.43. The molecule has 28 heavy (non-hydrogen) atoms. The summed E-state index contributed by atoms with van der Waals surface area (Å²) < 4.78 is 22.1. The van der Waals surface area contributed by atoms with Crippen LogP contribution in [0.4, 0.5) is 0 Å². The molecule has 1 aromatic heterocycles. The Morgan fingerprint density at radius 3 is 2.82 bits per heavy atom. The molecule has 3 rings (SSSR count). The smallest absolute Gasteiger partial charge is 0.338 e. The molecule has 0 aliphatic carbocycles. The van der Waals surface area contributed by atoms with E-state index in [9.17, 15) is 18.9 Å². The summed E-state index contributed by atoms with van der Waals surface area (Å²) in [5.41, 5.74) is -1.91. The molecule has 146 valence electrons. The summed E-state index contributed by atoms with van der Waals surface area (Å²) in [7, 11) is 0. The highest BCUT2D eigenvalue weighted by molar-refractivity contribution is 7.94. The third-order valence-corrected chi connectivity index (χ3v) is 5.36. The third kappa shape index (κ3) is 3.75. The molecule has 0 saturated carbocycles. The van der Waals surface area contributed by atoms with Gasteiger partial charge in [-0.05, 0) is 31.1 Å². The number of benzene rings is 1. The fourth-order valence-corrected chi connectivity index (χ4v) is 3.58. The summed E-state index contributed by atoms with van der Waals surface area (Å²) in [6, 6.07) is 8.38. The van der Waals surface area contributed by atoms with Crippen molar-refractivity contribution in [2.24, 2.45) is 0 Å². The Morgan fingerprint density at radius 2 is 2.18 bits per heavy atom. The Morgan fingerprint density at radius 1 is 1.46 bits per heavy atom. The van der Waals surface area contributed by atoms with E-state index < -0.39 is 34.3 Å². The van der Waals surface area contributed by atoms with Crippen LogP contribution in [-0.2, 0) is 9.47 Å². The topological polar surface area (TPSA) is 111 Å². The fraction of sp³-hybridized carbons (Fsp3) is 0.316. The second kappa shape index (κ2) is 8.06. The number of hydrogen-bond acceptors (Lipinski definition) is 7. The van der Waals surface area contributed by atoms with Gasteiger partial charge in [0.15, 0.2) is 5.60 Å². The number of aryl methyl sites for hydroxylation is 1. The summed E-state index contributed by atoms with van der Waals surface area (Å²) in [4.78, 5) is 38.2. The van der Waals surface area contributed by atoms with Crippen LogP contribution in [0, 0.1) is 19.3 Å². The molecule has 1 aliphatic rings. The molecule has 3 atom stereocenters. The molecular formula is C19H18N2O6S. The average molecular weight is 402 g/mol. The Balaban J connectivity index is 1.83. The standard InChI is InChI=1S/C19H18N2O6S/c1-3-19(11-26-17(23)13-7-5-4-6-8-13)14(28-25)9-15(27-19)21-10-12(2)16(22)20-18(21)24/h1,4-8,10,14-15,25H,9,11H2,2H3,(H,20,22,24)/t14-,15-,19-/m1/s1. The first-order valence-corrected chi connectivity index (χ1v) is 9.24. The molecule has 1 fully saturated rings. The van der Waals surface area contributed by atoms with Gasteiger partial charge in [0.25, 0.3) is 5.56 Å². The number of carbonyl (C=O) groups is 1. The van der Waals surface area contributed by atoms with Crippen LogP contribution in [0.25, 0.3) is 0 Å². The Kier molecular flexibility index (Phi) is 5.74. The first-order chi connectivity index (χ1) is 13.4. The van der Waals surface area contributed by atoms with Crippen molar-refractivity contribution in [3.63, 3.8) is 0 Å². The average Bonchev–Trinajstić information content (AvgIpc) is 3.08. The number of rotatable bonds is 5. The van der Waals surface area contributed by atoms with Crippen LogP contribution in [0.3, 0.4) is 0 Å². The van der Waals surface area contributed by atoms with Crippen molar-refractivity contribution in [3.8, 4) is 12.3 Å². The summed E-state index contributed by atoms with van der Waals surface area (Å²) in [5.74, 6) is 1.88. The Bertz CT molecular complexity index is 1030. The summed E-state index contributed by atoms with van der Waals surface area (Å²) in [6.07, 6.45) is 6.37. The minimum Gasteiger partial charge on any atom is -0.458 e. The molecule has 0 spiro atoms. The number of hydrogen-bond donors (Lipinski definition) is 2. The Labute approximate surface area is 164 Å². The zero-order valence-corrected chi connectivity index (χ0v) is 15.8. The molecule has 8 nitrogen and oxygen atoms in total. The van der Waals surface area contributed by atoms with Gasteiger partial charge < -0.3 is 14.0 Å². The number of nitrogens with one attached hydrogen (secondary N) is 1. The molecule has 0 amide bonds. The van der Waals surface area contributed by atoms with Gasteiger partial charge in [-0.25, -0.2) is 9.59 Å². The molecule has 2 heterocycles. The molecule has 1 saturated heterocycles. The lowest BCUT2D eigenvalue weighted by Crippen LogP contribution is -2.42. The lowest BCUT2D eigenvalue weighted by Gasteiger charge is -2.27. The number of aromatic nitrogens is 2. The van der Waals surface area contributed by atoms with Gasteiger partial charge in [0.1, 0.15) is 12.8 Å². The van der Waals surface area contributed by atoms with Crippen molar-refractivity contribution in [1.82, 2.24) is 9.55 Å². The summed E-state index contributed by atoms with van der Waals surface area (Å²) >= 11 is 0.477. The van der Waals surface area contributed by atoms with E-state index in [0.29, 0.717) is 23.2 Å². The molecule has 2 N–H and O–H groups in total. The third-order valence-electron chi connectivity index (χ3n) is 4.54. The van der Waals surface area contributed by atoms with Gasteiger partial charge in [-0.2, -0.15) is 0 Å². The monoisotopic (exact) mass is 402 g/mol. The highest BCUT2D eigenvalue weighted by Gasteiger charge is 2.50. The van der Waals surface area contributed by atoms with E-state index in [0.717, 1.165) is 0 Å². The highest BCUT2D eigenvalue weighted by atomic mass is 32.2. The summed E-state index contributed by atoms with van der Waals surface area (Å²) in [6.45, 7) is 1.25. The van der Waals surface area contributed by atoms with Gasteiger partial charge in [0.05, 0.1) is 10.8 Å². The van der Waals surface area contributed by atoms with E-state index >= 15 is 0 Å². The van der Waals surface area contributed by atoms with Crippen molar-refractivity contribution in [2.45, 2.75) is 30.4 Å². The zero-order valence-electron chi connectivity index (χ0n) is 15.0. The van der Waals surface area contributed by atoms with Crippen LogP contribution in [0.15, 0.2) is 46.1 Å². The molecule has 1 aliphatic heterocycles. The van der Waals surface area contributed by atoms with Crippen LogP contribution in [-0.4, -0.2) is 37.5 Å². The Hall–Kier alpha value is -2.80. The van der Waals surface area contributed by atoms with Crippen LogP contribution < -0.4 is 11.2 Å². The number of terminal acetylenes is 1. The number of ether oxygens (including phenoxy) is 2. The number of esters is 1. The van der Waals surface area contributed by atoms with E-state index in [-0.39, 0.29) is 13.0 Å². The first-order valence-electron chi connectivity index (χ1n) is 8.40. The quantitative estimate of drug-likeness (QED) is 0.444. The van der Waals surface area contributed by atoms with Crippen molar-refractivity contribution < 1.29 is 18.8 Å². The molecule has 0 bridgehead atoms. The molecule has 0 radical (unpaired) electrons. The van der Waals surface area contributed by atoms with Gasteiger partial charge >= 0.3 is 11.7 Å². The lowest BCUT2D eigenvalue weighted by atomic mass is 10.0. The van der Waals surface area contributed by atoms with E-state index in [1.54, 1.807) is 37.3 Å². The van der Waals surface area contributed by atoms with Gasteiger partial charge in [0.2, 0.25) is 0 Å². The van der Waals surface area contributed by atoms with Gasteiger partial charge in [-0.15, -0.1) is 6.42 Å². The number of H-pyrrole nitrogens is 1. The van der Waals surface area contributed by atoms with E-state index in [2.05, 4.69) is 10.9 Å². The SMILES string of the molecule is C#C[C@]1(COC(=O)c2ccccc2)O[C@@H](n2cc(C)c(=O)[nH]c2=O)C[C@H]1SO. The lowest BCUT2D eigenvalue weighted by molar-refractivity contribution is -0.0696. The van der Waals surface area contributed by atoms with E-state index in [1.807, 2.05) is 0 Å². The largest absolute Gasteiger partial charge is 0.458 e. The molecule has 0 unspecified atom stereocenters. The maximum absolute atomic E-state index is 12.2. The van der Waals surface area contributed by atoms with Crippen molar-refractivity contribution in [1.29, 1.82) is 0 Å². The normalized spacial score (nSPS) is 23.9. The van der Waals surface area contributed by atoms with Crippen molar-refractivity contribution in [2.75, 3.05) is 6.61 Å². The van der Waals surface area contributed by atoms with Gasteiger partial charge in [-0.3, -0.25) is 14.3 Å². The maximum atomic E-state index is 12.2. The van der Waals surface area contributed by atoms with Gasteiger partial charge in [0, 0.05) is 18.2 Å². The predicted octanol–water partition coefficient (Wildman–Crippen LogP) is 1.57. The summed E-state index contributed by atoms with van der Waals surface area (Å²) in [5, 5.41) is -0.648. The van der Waals surface area contributed by atoms with Crippen LogP contribution in [0.1, 0.15) is 28.6 Å². The highest BCUT2D eigenvalue weighted by Crippen LogP contribution is 2.42. The molecule has 9 heteroatoms. The predicted molar refractivity (Wildman–Crippen MR) is 103 cm³/mol. The van der Waals surface area contributed by atoms with E-state index in [1.165, 1.54) is 10.8 Å². The minimum absolute atomic E-state index is 0.180.